The normalized spacial score (nSPS) is 22.4. The van der Waals surface area contributed by atoms with Gasteiger partial charge in [0.1, 0.15) is 5.82 Å². The number of hydrogen-bond donors (Lipinski definition) is 2. The van der Waals surface area contributed by atoms with Crippen LogP contribution in [0.15, 0.2) is 0 Å². The molecule has 2 aliphatic carbocycles. The van der Waals surface area contributed by atoms with E-state index in [-0.39, 0.29) is 0 Å². The van der Waals surface area contributed by atoms with E-state index in [1.165, 1.54) is 109 Å². The Hall–Kier alpha value is -1.39. The molecule has 0 saturated heterocycles. The molecular weight excluding hydrogens is 334 g/mol. The summed E-state index contributed by atoms with van der Waals surface area (Å²) in [4.78, 5) is 13.8. The van der Waals surface area contributed by atoms with Crippen LogP contribution in [0.5, 0.6) is 0 Å². The fourth-order valence-electron chi connectivity index (χ4n) is 4.68. The number of nitrogen functional groups attached to an aromatic ring is 1. The Morgan fingerprint density at radius 2 is 1.07 bits per heavy atom. The predicted octanol–water partition coefficient (Wildman–Crippen LogP) is 5.98. The topological polar surface area (TPSA) is 76.7 Å². The molecule has 0 amide bonds. The molecule has 0 spiro atoms. The van der Waals surface area contributed by atoms with E-state index in [1.807, 2.05) is 0 Å². The predicted molar refractivity (Wildman–Crippen MR) is 113 cm³/mol. The monoisotopic (exact) mass is 373 g/mol. The van der Waals surface area contributed by atoms with Crippen LogP contribution in [0.4, 0.5) is 11.9 Å². The number of nitrogens with zero attached hydrogens (tertiary/aromatic N) is 3. The van der Waals surface area contributed by atoms with Crippen molar-refractivity contribution in [3.05, 3.63) is 5.82 Å². The van der Waals surface area contributed by atoms with Gasteiger partial charge in [-0.15, -0.1) is 0 Å². The van der Waals surface area contributed by atoms with Gasteiger partial charge in [0.15, 0.2) is 0 Å². The second kappa shape index (κ2) is 11.5. The van der Waals surface area contributed by atoms with Crippen LogP contribution in [0.3, 0.4) is 0 Å². The molecule has 5 nitrogen and oxygen atoms in total. The summed E-state index contributed by atoms with van der Waals surface area (Å²) >= 11 is 0. The molecule has 27 heavy (non-hydrogen) atoms. The molecule has 0 aromatic carbocycles. The van der Waals surface area contributed by atoms with Gasteiger partial charge >= 0.3 is 0 Å². The highest BCUT2D eigenvalue weighted by Crippen LogP contribution is 2.29. The summed E-state index contributed by atoms with van der Waals surface area (Å²) in [6.45, 7) is 0. The maximum absolute atomic E-state index is 6.08. The van der Waals surface area contributed by atoms with Gasteiger partial charge in [0.2, 0.25) is 11.9 Å². The van der Waals surface area contributed by atoms with Crippen LogP contribution >= 0.6 is 0 Å². The molecule has 0 unspecified atom stereocenters. The van der Waals surface area contributed by atoms with Crippen LogP contribution in [0.1, 0.15) is 121 Å². The van der Waals surface area contributed by atoms with Crippen molar-refractivity contribution < 1.29 is 0 Å². The summed E-state index contributed by atoms with van der Waals surface area (Å²) in [7, 11) is 0. The van der Waals surface area contributed by atoms with Gasteiger partial charge < -0.3 is 11.1 Å². The van der Waals surface area contributed by atoms with E-state index in [0.717, 1.165) is 5.82 Å². The van der Waals surface area contributed by atoms with E-state index < -0.39 is 0 Å². The Morgan fingerprint density at radius 1 is 0.593 bits per heavy atom. The van der Waals surface area contributed by atoms with Crippen molar-refractivity contribution >= 4 is 11.9 Å². The van der Waals surface area contributed by atoms with Gasteiger partial charge in [-0.1, -0.05) is 83.5 Å². The zero-order valence-corrected chi connectivity index (χ0v) is 17.1. The average molecular weight is 374 g/mol. The lowest BCUT2D eigenvalue weighted by Gasteiger charge is -2.20. The minimum Gasteiger partial charge on any atom is -0.368 e. The molecule has 152 valence electrons. The number of aromatic nitrogens is 3. The summed E-state index contributed by atoms with van der Waals surface area (Å²) in [5.74, 6) is 2.45. The van der Waals surface area contributed by atoms with Crippen LogP contribution in [-0.4, -0.2) is 21.0 Å². The lowest BCUT2D eigenvalue weighted by molar-refractivity contribution is 0.450. The highest BCUT2D eigenvalue weighted by atomic mass is 15.2. The average Bonchev–Trinajstić information content (AvgIpc) is 2.79. The Balaban J connectivity index is 1.66. The van der Waals surface area contributed by atoms with Crippen molar-refractivity contribution in [2.45, 2.75) is 121 Å². The van der Waals surface area contributed by atoms with Gasteiger partial charge in [0.25, 0.3) is 0 Å². The van der Waals surface area contributed by atoms with Gasteiger partial charge in [-0.25, -0.2) is 0 Å². The fraction of sp³-hybridized carbons (Fsp3) is 0.864. The Morgan fingerprint density at radius 3 is 1.63 bits per heavy atom. The van der Waals surface area contributed by atoms with E-state index in [9.17, 15) is 0 Å². The lowest BCUT2D eigenvalue weighted by atomic mass is 9.91. The zero-order valence-electron chi connectivity index (χ0n) is 17.1. The van der Waals surface area contributed by atoms with Gasteiger partial charge in [0.05, 0.1) is 0 Å². The number of rotatable bonds is 3. The summed E-state index contributed by atoms with van der Waals surface area (Å²) in [5, 5.41) is 3.60. The molecule has 0 aliphatic heterocycles. The molecule has 3 rings (SSSR count). The minimum atomic E-state index is 0.377. The minimum absolute atomic E-state index is 0.377. The van der Waals surface area contributed by atoms with Crippen LogP contribution in [0.2, 0.25) is 0 Å². The van der Waals surface area contributed by atoms with Gasteiger partial charge in [-0.05, 0) is 25.7 Å². The van der Waals surface area contributed by atoms with Crippen molar-refractivity contribution in [2.24, 2.45) is 0 Å². The summed E-state index contributed by atoms with van der Waals surface area (Å²) in [5.41, 5.74) is 6.08. The van der Waals surface area contributed by atoms with E-state index in [0.29, 0.717) is 23.9 Å². The summed E-state index contributed by atoms with van der Waals surface area (Å²) < 4.78 is 0. The Bertz CT molecular complexity index is 528. The van der Waals surface area contributed by atoms with Crippen LogP contribution in [-0.2, 0) is 0 Å². The van der Waals surface area contributed by atoms with E-state index in [4.69, 9.17) is 10.7 Å². The molecule has 2 saturated carbocycles. The summed E-state index contributed by atoms with van der Waals surface area (Å²) in [6, 6.07) is 0.474. The summed E-state index contributed by atoms with van der Waals surface area (Å²) in [6.07, 6.45) is 22.3. The first-order valence-electron chi connectivity index (χ1n) is 11.6. The third-order valence-corrected chi connectivity index (χ3v) is 6.33. The van der Waals surface area contributed by atoms with Crippen LogP contribution in [0, 0.1) is 0 Å². The van der Waals surface area contributed by atoms with Gasteiger partial charge in [-0.3, -0.25) is 0 Å². The highest BCUT2D eigenvalue weighted by Gasteiger charge is 2.19. The number of nitrogens with one attached hydrogen (secondary N) is 1. The van der Waals surface area contributed by atoms with Gasteiger partial charge in [0, 0.05) is 12.0 Å². The zero-order chi connectivity index (χ0) is 18.7. The van der Waals surface area contributed by atoms with Crippen LogP contribution < -0.4 is 11.1 Å². The maximum atomic E-state index is 6.08. The molecule has 2 fully saturated rings. The molecule has 1 aromatic heterocycles. The number of nitrogens with two attached hydrogens (primary N) is 1. The van der Waals surface area contributed by atoms with Crippen molar-refractivity contribution in [3.8, 4) is 0 Å². The molecule has 0 atom stereocenters. The smallest absolute Gasteiger partial charge is 0.227 e. The standard InChI is InChI=1S/C22H39N5/c23-21-25-20(18-14-10-6-2-1-3-7-11-15-18)26-22(27-21)24-19-16-12-8-4-5-9-13-17-19/h18-19H,1-17H2,(H3,23,24,25,26,27). The molecule has 0 radical (unpaired) electrons. The Kier molecular flexibility index (Phi) is 8.63. The molecule has 0 bridgehead atoms. The van der Waals surface area contributed by atoms with Crippen molar-refractivity contribution in [2.75, 3.05) is 11.1 Å². The SMILES string of the molecule is Nc1nc(NC2CCCCCCCC2)nc(C2CCCCCCCCC2)n1. The Labute approximate surface area is 165 Å². The lowest BCUT2D eigenvalue weighted by Crippen LogP contribution is -2.22. The van der Waals surface area contributed by atoms with E-state index in [2.05, 4.69) is 15.3 Å². The van der Waals surface area contributed by atoms with Crippen LogP contribution in [0.25, 0.3) is 0 Å². The molecule has 1 aromatic rings. The largest absolute Gasteiger partial charge is 0.368 e. The van der Waals surface area contributed by atoms with Crippen molar-refractivity contribution in [1.29, 1.82) is 0 Å². The first-order chi connectivity index (χ1) is 13.3. The highest BCUT2D eigenvalue weighted by molar-refractivity contribution is 5.32. The third-order valence-electron chi connectivity index (χ3n) is 6.33. The van der Waals surface area contributed by atoms with Crippen molar-refractivity contribution in [3.63, 3.8) is 0 Å². The van der Waals surface area contributed by atoms with Gasteiger partial charge in [-0.2, -0.15) is 15.0 Å². The van der Waals surface area contributed by atoms with Crippen molar-refractivity contribution in [1.82, 2.24) is 15.0 Å². The maximum Gasteiger partial charge on any atom is 0.227 e. The van der Waals surface area contributed by atoms with E-state index in [1.54, 1.807) is 0 Å². The second-order valence-electron chi connectivity index (χ2n) is 8.66. The fourth-order valence-corrected chi connectivity index (χ4v) is 4.68. The molecule has 2 aliphatic rings. The second-order valence-corrected chi connectivity index (χ2v) is 8.66. The number of anilines is 2. The first-order valence-corrected chi connectivity index (χ1v) is 11.6. The first kappa shape index (κ1) is 20.3. The molecule has 3 N–H and O–H groups in total. The quantitative estimate of drug-likeness (QED) is 0.682. The van der Waals surface area contributed by atoms with E-state index >= 15 is 0 Å². The molecular formula is C22H39N5. The third kappa shape index (κ3) is 7.27. The molecule has 5 heteroatoms. The number of hydrogen-bond acceptors (Lipinski definition) is 5. The molecule has 1 heterocycles.